The summed E-state index contributed by atoms with van der Waals surface area (Å²) in [6, 6.07) is 13.2. The number of ether oxygens (including phenoxy) is 2. The molecule has 0 atom stereocenters. The van der Waals surface area contributed by atoms with Crippen molar-refractivity contribution in [1.29, 1.82) is 0 Å². The van der Waals surface area contributed by atoms with E-state index < -0.39 is 0 Å². The molecule has 0 saturated heterocycles. The largest absolute Gasteiger partial charge is 0.497 e. The summed E-state index contributed by atoms with van der Waals surface area (Å²) in [7, 11) is 4.95. The second-order valence-corrected chi connectivity index (χ2v) is 5.89. The van der Waals surface area contributed by atoms with Crippen LogP contribution in [0.2, 0.25) is 0 Å². The number of methoxy groups -OCH3 is 2. The quantitative estimate of drug-likeness (QED) is 0.704. The van der Waals surface area contributed by atoms with Gasteiger partial charge >= 0.3 is 0 Å². The molecule has 1 amide bonds. The Kier molecular flexibility index (Phi) is 4.65. The van der Waals surface area contributed by atoms with Gasteiger partial charge in [0.2, 0.25) is 0 Å². The molecule has 0 fully saturated rings. The summed E-state index contributed by atoms with van der Waals surface area (Å²) in [6.07, 6.45) is 0. The normalized spacial score (nSPS) is 10.7. The van der Waals surface area contributed by atoms with Gasteiger partial charge in [-0.05, 0) is 25.1 Å². The van der Waals surface area contributed by atoms with E-state index >= 15 is 0 Å². The lowest BCUT2D eigenvalue weighted by Crippen LogP contribution is -2.26. The first-order chi connectivity index (χ1) is 12.0. The van der Waals surface area contributed by atoms with Gasteiger partial charge in [0.15, 0.2) is 5.76 Å². The Morgan fingerprint density at radius 2 is 1.88 bits per heavy atom. The Hall–Kier alpha value is -2.95. The fourth-order valence-corrected chi connectivity index (χ4v) is 2.86. The van der Waals surface area contributed by atoms with Crippen molar-refractivity contribution in [1.82, 2.24) is 4.90 Å². The number of para-hydroxylation sites is 1. The van der Waals surface area contributed by atoms with E-state index in [1.54, 1.807) is 32.2 Å². The lowest BCUT2D eigenvalue weighted by Gasteiger charge is -2.18. The van der Waals surface area contributed by atoms with Gasteiger partial charge < -0.3 is 18.8 Å². The van der Waals surface area contributed by atoms with E-state index in [0.717, 1.165) is 22.1 Å². The molecule has 0 aliphatic rings. The molecule has 1 heterocycles. The third kappa shape index (κ3) is 3.18. The minimum Gasteiger partial charge on any atom is -0.497 e. The van der Waals surface area contributed by atoms with E-state index in [1.165, 1.54) is 0 Å². The Morgan fingerprint density at radius 3 is 2.56 bits per heavy atom. The molecule has 3 rings (SSSR count). The predicted octanol–water partition coefficient (Wildman–Crippen LogP) is 4.03. The first kappa shape index (κ1) is 16.9. The van der Waals surface area contributed by atoms with Crippen molar-refractivity contribution in [2.45, 2.75) is 13.5 Å². The molecule has 130 valence electrons. The molecule has 1 aromatic heterocycles. The van der Waals surface area contributed by atoms with E-state index in [1.807, 2.05) is 43.3 Å². The highest BCUT2D eigenvalue weighted by Gasteiger charge is 2.21. The highest BCUT2D eigenvalue weighted by molar-refractivity contribution is 5.98. The first-order valence-electron chi connectivity index (χ1n) is 7.99. The van der Waals surface area contributed by atoms with Gasteiger partial charge in [0.05, 0.1) is 14.2 Å². The third-order valence-corrected chi connectivity index (χ3v) is 4.29. The number of hydrogen-bond donors (Lipinski definition) is 0. The number of rotatable bonds is 5. The molecule has 0 bridgehead atoms. The second kappa shape index (κ2) is 6.89. The van der Waals surface area contributed by atoms with Crippen LogP contribution in [-0.2, 0) is 6.54 Å². The molecular weight excluding hydrogens is 318 g/mol. The van der Waals surface area contributed by atoms with E-state index in [9.17, 15) is 4.79 Å². The number of aryl methyl sites for hydroxylation is 1. The summed E-state index contributed by atoms with van der Waals surface area (Å²) < 4.78 is 16.4. The number of carbonyl (C=O) groups excluding carboxylic acids is 1. The smallest absolute Gasteiger partial charge is 0.289 e. The number of amides is 1. The fourth-order valence-electron chi connectivity index (χ4n) is 2.86. The maximum Gasteiger partial charge on any atom is 0.289 e. The van der Waals surface area contributed by atoms with Crippen molar-refractivity contribution in [3.63, 3.8) is 0 Å². The monoisotopic (exact) mass is 339 g/mol. The number of carbonyl (C=O) groups is 1. The molecule has 0 N–H and O–H groups in total. The zero-order valence-electron chi connectivity index (χ0n) is 14.8. The zero-order valence-corrected chi connectivity index (χ0v) is 14.8. The van der Waals surface area contributed by atoms with Crippen LogP contribution in [-0.4, -0.2) is 32.1 Å². The van der Waals surface area contributed by atoms with Gasteiger partial charge in [-0.1, -0.05) is 18.2 Å². The van der Waals surface area contributed by atoms with Crippen molar-refractivity contribution < 1.29 is 18.7 Å². The van der Waals surface area contributed by atoms with Crippen LogP contribution >= 0.6 is 0 Å². The van der Waals surface area contributed by atoms with E-state index in [0.29, 0.717) is 23.8 Å². The molecule has 25 heavy (non-hydrogen) atoms. The van der Waals surface area contributed by atoms with Gasteiger partial charge in [0.1, 0.15) is 17.1 Å². The molecule has 0 radical (unpaired) electrons. The van der Waals surface area contributed by atoms with Crippen molar-refractivity contribution >= 4 is 16.9 Å². The molecule has 3 aromatic rings. The Bertz CT molecular complexity index is 913. The third-order valence-electron chi connectivity index (χ3n) is 4.29. The van der Waals surface area contributed by atoms with Crippen LogP contribution in [0.3, 0.4) is 0 Å². The van der Waals surface area contributed by atoms with Crippen LogP contribution in [0.4, 0.5) is 0 Å². The van der Waals surface area contributed by atoms with Crippen molar-refractivity contribution in [3.05, 3.63) is 59.4 Å². The average Bonchev–Trinajstić information content (AvgIpc) is 2.98. The Labute approximate surface area is 146 Å². The molecule has 0 aliphatic heterocycles. The standard InChI is InChI=1S/C20H21NO4/c1-13-16-7-5-6-8-17(16)25-19(13)20(22)21(2)12-14-9-10-15(23-3)11-18(14)24-4/h5-11H,12H2,1-4H3. The highest BCUT2D eigenvalue weighted by atomic mass is 16.5. The van der Waals surface area contributed by atoms with Crippen molar-refractivity contribution in [2.24, 2.45) is 0 Å². The second-order valence-electron chi connectivity index (χ2n) is 5.89. The summed E-state index contributed by atoms with van der Waals surface area (Å²) in [6.45, 7) is 2.31. The molecule has 0 aliphatic carbocycles. The highest BCUT2D eigenvalue weighted by Crippen LogP contribution is 2.28. The molecule has 5 nitrogen and oxygen atoms in total. The van der Waals surface area contributed by atoms with E-state index in [-0.39, 0.29) is 5.91 Å². The predicted molar refractivity (Wildman–Crippen MR) is 96.3 cm³/mol. The minimum atomic E-state index is -0.161. The Balaban J connectivity index is 1.86. The van der Waals surface area contributed by atoms with Crippen LogP contribution in [0.5, 0.6) is 11.5 Å². The van der Waals surface area contributed by atoms with E-state index in [4.69, 9.17) is 13.9 Å². The number of fused-ring (bicyclic) bond motifs is 1. The van der Waals surface area contributed by atoms with Gasteiger partial charge in [-0.25, -0.2) is 0 Å². The molecule has 0 unspecified atom stereocenters. The zero-order chi connectivity index (χ0) is 18.0. The SMILES string of the molecule is COc1ccc(CN(C)C(=O)c2oc3ccccc3c2C)c(OC)c1. The summed E-state index contributed by atoms with van der Waals surface area (Å²) in [4.78, 5) is 14.4. The van der Waals surface area contributed by atoms with Gasteiger partial charge in [-0.3, -0.25) is 4.79 Å². The summed E-state index contributed by atoms with van der Waals surface area (Å²) in [5.41, 5.74) is 2.47. The number of furan rings is 1. The van der Waals surface area contributed by atoms with Crippen LogP contribution in [0.15, 0.2) is 46.9 Å². The maximum atomic E-state index is 12.8. The minimum absolute atomic E-state index is 0.161. The molecule has 2 aromatic carbocycles. The molecular formula is C20H21NO4. The van der Waals surface area contributed by atoms with Gasteiger partial charge in [0.25, 0.3) is 5.91 Å². The molecule has 0 spiro atoms. The van der Waals surface area contributed by atoms with Crippen LogP contribution in [0.25, 0.3) is 11.0 Å². The maximum absolute atomic E-state index is 12.8. The summed E-state index contributed by atoms with van der Waals surface area (Å²) >= 11 is 0. The number of hydrogen-bond acceptors (Lipinski definition) is 4. The lowest BCUT2D eigenvalue weighted by molar-refractivity contribution is 0.0754. The topological polar surface area (TPSA) is 51.9 Å². The van der Waals surface area contributed by atoms with Crippen molar-refractivity contribution in [3.8, 4) is 11.5 Å². The van der Waals surface area contributed by atoms with Crippen LogP contribution in [0.1, 0.15) is 21.7 Å². The fraction of sp³-hybridized carbons (Fsp3) is 0.250. The van der Waals surface area contributed by atoms with Crippen LogP contribution < -0.4 is 9.47 Å². The van der Waals surface area contributed by atoms with Crippen molar-refractivity contribution in [2.75, 3.05) is 21.3 Å². The van der Waals surface area contributed by atoms with Crippen LogP contribution in [0, 0.1) is 6.92 Å². The van der Waals surface area contributed by atoms with Gasteiger partial charge in [-0.2, -0.15) is 0 Å². The molecule has 0 saturated carbocycles. The summed E-state index contributed by atoms with van der Waals surface area (Å²) in [5.74, 6) is 1.60. The first-order valence-corrected chi connectivity index (χ1v) is 7.99. The van der Waals surface area contributed by atoms with E-state index in [2.05, 4.69) is 0 Å². The molecule has 5 heteroatoms. The Morgan fingerprint density at radius 1 is 1.12 bits per heavy atom. The lowest BCUT2D eigenvalue weighted by atomic mass is 10.1. The average molecular weight is 339 g/mol. The van der Waals surface area contributed by atoms with Gasteiger partial charge in [-0.15, -0.1) is 0 Å². The number of benzene rings is 2. The number of nitrogens with zero attached hydrogens (tertiary/aromatic N) is 1. The van der Waals surface area contributed by atoms with Gasteiger partial charge in [0, 0.05) is 36.2 Å². The summed E-state index contributed by atoms with van der Waals surface area (Å²) in [5, 5.41) is 0.960.